The van der Waals surface area contributed by atoms with Crippen LogP contribution in [0.25, 0.3) is 11.4 Å². The molecule has 1 aliphatic rings. The van der Waals surface area contributed by atoms with Crippen molar-refractivity contribution < 1.29 is 19.1 Å². The summed E-state index contributed by atoms with van der Waals surface area (Å²) < 4.78 is 9.65. The Bertz CT molecular complexity index is 1880. The summed E-state index contributed by atoms with van der Waals surface area (Å²) >= 11 is 7.11. The van der Waals surface area contributed by atoms with Crippen LogP contribution in [0.4, 0.5) is 0 Å². The Kier molecular flexibility index (Phi) is 7.86. The molecular formula is C30H23ClN6O5S. The minimum absolute atomic E-state index is 0.141. The first-order valence-corrected chi connectivity index (χ1v) is 14.4. The van der Waals surface area contributed by atoms with Crippen molar-refractivity contribution in [2.75, 3.05) is 13.2 Å². The van der Waals surface area contributed by atoms with E-state index in [2.05, 4.69) is 15.6 Å². The quantitative estimate of drug-likeness (QED) is 0.185. The number of nitrogens with one attached hydrogen (secondary N) is 1. The number of amides is 3. The average Bonchev–Trinajstić information content (AvgIpc) is 3.73. The second-order valence-corrected chi connectivity index (χ2v) is 11.2. The first-order valence-electron chi connectivity index (χ1n) is 13.2. The van der Waals surface area contributed by atoms with Crippen LogP contribution in [0.1, 0.15) is 42.5 Å². The lowest BCUT2D eigenvalue weighted by molar-refractivity contribution is 0.0646. The summed E-state index contributed by atoms with van der Waals surface area (Å²) in [6, 6.07) is 20.1. The zero-order valence-electron chi connectivity index (χ0n) is 22.5. The topological polar surface area (TPSA) is 128 Å². The molecule has 1 aliphatic heterocycles. The number of aromatic nitrogens is 4. The van der Waals surface area contributed by atoms with Gasteiger partial charge in [-0.3, -0.25) is 28.6 Å². The van der Waals surface area contributed by atoms with Gasteiger partial charge in [0, 0.05) is 24.9 Å². The second-order valence-electron chi connectivity index (χ2n) is 9.51. The van der Waals surface area contributed by atoms with Crippen molar-refractivity contribution in [3.63, 3.8) is 0 Å². The number of imide groups is 1. The number of thiophene rings is 1. The summed E-state index contributed by atoms with van der Waals surface area (Å²) in [6.45, 7) is 0.499. The normalized spacial score (nSPS) is 12.4. The fourth-order valence-electron chi connectivity index (χ4n) is 4.64. The van der Waals surface area contributed by atoms with Crippen molar-refractivity contribution in [2.24, 2.45) is 0 Å². The van der Waals surface area contributed by atoms with Crippen molar-refractivity contribution in [3.8, 4) is 17.1 Å². The minimum Gasteiger partial charge on any atom is -0.491 e. The maximum absolute atomic E-state index is 12.7. The number of benzene rings is 2. The maximum atomic E-state index is 12.7. The van der Waals surface area contributed by atoms with Crippen molar-refractivity contribution in [1.29, 1.82) is 0 Å². The number of carbonyl (C=O) groups is 3. The molecule has 43 heavy (non-hydrogen) atoms. The third-order valence-corrected chi connectivity index (χ3v) is 7.95. The van der Waals surface area contributed by atoms with Crippen molar-refractivity contribution in [1.82, 2.24) is 29.8 Å². The predicted molar refractivity (Wildman–Crippen MR) is 159 cm³/mol. The summed E-state index contributed by atoms with van der Waals surface area (Å²) in [4.78, 5) is 52.0. The number of ether oxygens (including phenoxy) is 1. The number of hydrogen-bond donors (Lipinski definition) is 1. The molecule has 4 heterocycles. The van der Waals surface area contributed by atoms with Gasteiger partial charge < -0.3 is 10.1 Å². The molecule has 13 heteroatoms. The van der Waals surface area contributed by atoms with Gasteiger partial charge >= 0.3 is 0 Å². The van der Waals surface area contributed by atoms with Crippen LogP contribution in [0.15, 0.2) is 90.0 Å². The monoisotopic (exact) mass is 614 g/mol. The molecule has 0 saturated carbocycles. The van der Waals surface area contributed by atoms with Gasteiger partial charge in [0.05, 0.1) is 45.4 Å². The number of fused-ring (bicyclic) bond motifs is 1. The Labute approximate surface area is 253 Å². The van der Waals surface area contributed by atoms with Crippen LogP contribution in [0.3, 0.4) is 0 Å². The zero-order valence-corrected chi connectivity index (χ0v) is 24.0. The van der Waals surface area contributed by atoms with Crippen molar-refractivity contribution in [3.05, 3.63) is 122 Å². The maximum Gasteiger partial charge on any atom is 0.261 e. The molecule has 6 rings (SSSR count). The molecule has 5 aromatic rings. The van der Waals surface area contributed by atoms with Crippen LogP contribution in [-0.2, 0) is 6.54 Å². The number of halogens is 1. The van der Waals surface area contributed by atoms with Gasteiger partial charge in [0.25, 0.3) is 23.3 Å². The summed E-state index contributed by atoms with van der Waals surface area (Å²) in [5.74, 6) is -0.511. The minimum atomic E-state index is -0.323. The number of nitrogens with zero attached hydrogens (tertiary/aromatic N) is 5. The van der Waals surface area contributed by atoms with E-state index in [1.54, 1.807) is 79.1 Å². The van der Waals surface area contributed by atoms with E-state index in [4.69, 9.17) is 16.3 Å². The van der Waals surface area contributed by atoms with Gasteiger partial charge in [0.1, 0.15) is 17.1 Å². The predicted octanol–water partition coefficient (Wildman–Crippen LogP) is 4.13. The van der Waals surface area contributed by atoms with E-state index >= 15 is 0 Å². The first kappa shape index (κ1) is 28.1. The van der Waals surface area contributed by atoms with Crippen LogP contribution in [0, 0.1) is 0 Å². The SMILES string of the molecule is O=C(NCc1cn(-c2ccc(-n3ccccc3=O)cc2OCCCN2C(=O)c3ccccc3C2=O)nn1)c1ccc(Cl)s1. The lowest BCUT2D eigenvalue weighted by Crippen LogP contribution is -2.31. The number of hydrogen-bond acceptors (Lipinski definition) is 8. The third kappa shape index (κ3) is 5.83. The molecule has 0 radical (unpaired) electrons. The third-order valence-electron chi connectivity index (χ3n) is 6.72. The molecule has 1 N–H and O–H groups in total. The fourth-order valence-corrected chi connectivity index (χ4v) is 5.60. The Morgan fingerprint density at radius 1 is 0.953 bits per heavy atom. The summed E-state index contributed by atoms with van der Waals surface area (Å²) in [5.41, 5.74) is 2.21. The number of rotatable bonds is 10. The molecule has 0 fully saturated rings. The standard InChI is InChI=1S/C30H23ClN6O5S/c31-26-12-11-25(43-26)28(39)32-17-19-18-37(34-33-19)23-10-9-20(35-13-4-3-8-27(35)38)16-24(23)42-15-5-14-36-29(40)21-6-1-2-7-22(21)30(36)41/h1-4,6-13,16,18H,5,14-15,17H2,(H,32,39). The molecule has 3 aromatic heterocycles. The van der Waals surface area contributed by atoms with E-state index in [9.17, 15) is 19.2 Å². The Morgan fingerprint density at radius 3 is 2.44 bits per heavy atom. The summed E-state index contributed by atoms with van der Waals surface area (Å²) in [6.07, 6.45) is 3.69. The van der Waals surface area contributed by atoms with E-state index in [1.165, 1.54) is 31.6 Å². The van der Waals surface area contributed by atoms with Gasteiger partial charge in [-0.25, -0.2) is 4.68 Å². The second kappa shape index (κ2) is 12.0. The Hall–Kier alpha value is -5.07. The van der Waals surface area contributed by atoms with Gasteiger partial charge in [-0.1, -0.05) is 35.0 Å². The van der Waals surface area contributed by atoms with E-state index in [0.29, 0.717) is 49.6 Å². The van der Waals surface area contributed by atoms with Crippen molar-refractivity contribution >= 4 is 40.7 Å². The molecule has 11 nitrogen and oxygen atoms in total. The first-order chi connectivity index (χ1) is 20.9. The molecule has 2 aromatic carbocycles. The molecule has 216 valence electrons. The van der Waals surface area contributed by atoms with Gasteiger partial charge in [-0.2, -0.15) is 0 Å². The van der Waals surface area contributed by atoms with Gasteiger partial charge in [0.2, 0.25) is 0 Å². The molecule has 0 spiro atoms. The zero-order chi connectivity index (χ0) is 29.9. The van der Waals surface area contributed by atoms with Crippen LogP contribution in [-0.4, -0.2) is 55.3 Å². The smallest absolute Gasteiger partial charge is 0.261 e. The van der Waals surface area contributed by atoms with Crippen LogP contribution >= 0.6 is 22.9 Å². The lowest BCUT2D eigenvalue weighted by atomic mass is 10.1. The lowest BCUT2D eigenvalue weighted by Gasteiger charge is -2.16. The summed E-state index contributed by atoms with van der Waals surface area (Å²) in [7, 11) is 0. The number of pyridine rings is 1. The van der Waals surface area contributed by atoms with Gasteiger partial charge in [0.15, 0.2) is 0 Å². The Balaban J connectivity index is 1.18. The molecule has 0 atom stereocenters. The largest absolute Gasteiger partial charge is 0.491 e. The van der Waals surface area contributed by atoms with Gasteiger partial charge in [-0.15, -0.1) is 16.4 Å². The molecule has 0 aliphatic carbocycles. The van der Waals surface area contributed by atoms with E-state index < -0.39 is 0 Å². The van der Waals surface area contributed by atoms with E-state index in [-0.39, 0.29) is 43.0 Å². The van der Waals surface area contributed by atoms with Crippen LogP contribution in [0.2, 0.25) is 4.34 Å². The van der Waals surface area contributed by atoms with E-state index in [0.717, 1.165) is 0 Å². The van der Waals surface area contributed by atoms with E-state index in [1.807, 2.05) is 0 Å². The molecule has 0 bridgehead atoms. The summed E-state index contributed by atoms with van der Waals surface area (Å²) in [5, 5.41) is 11.2. The molecular weight excluding hydrogens is 592 g/mol. The van der Waals surface area contributed by atoms with Crippen LogP contribution < -0.4 is 15.6 Å². The highest BCUT2D eigenvalue weighted by atomic mass is 35.5. The average molecular weight is 615 g/mol. The van der Waals surface area contributed by atoms with Crippen LogP contribution in [0.5, 0.6) is 5.75 Å². The fraction of sp³-hybridized carbons (Fsp3) is 0.133. The van der Waals surface area contributed by atoms with Gasteiger partial charge in [-0.05, 0) is 48.9 Å². The highest BCUT2D eigenvalue weighted by molar-refractivity contribution is 7.18. The highest BCUT2D eigenvalue weighted by Crippen LogP contribution is 2.27. The number of carbonyl (C=O) groups excluding carboxylic acids is 3. The molecule has 0 unspecified atom stereocenters. The van der Waals surface area contributed by atoms with Crippen molar-refractivity contribution in [2.45, 2.75) is 13.0 Å². The molecule has 3 amide bonds. The molecule has 0 saturated heterocycles. The highest BCUT2D eigenvalue weighted by Gasteiger charge is 2.34. The Morgan fingerprint density at radius 2 is 1.72 bits per heavy atom.